The number of piperazine rings is 1. The highest BCUT2D eigenvalue weighted by molar-refractivity contribution is 6.09. The van der Waals surface area contributed by atoms with Gasteiger partial charge in [-0.3, -0.25) is 14.6 Å². The van der Waals surface area contributed by atoms with Crippen LogP contribution >= 0.6 is 0 Å². The SMILES string of the molecule is O=C([C@@H]1CCN(c2ccccc2)C1=O)N1CCN(c2cnccn2)CC1. The van der Waals surface area contributed by atoms with E-state index in [9.17, 15) is 9.59 Å². The summed E-state index contributed by atoms with van der Waals surface area (Å²) in [4.78, 5) is 39.6. The third-order valence-corrected chi connectivity index (χ3v) is 5.04. The Labute approximate surface area is 152 Å². The third-order valence-electron chi connectivity index (χ3n) is 5.04. The molecule has 7 nitrogen and oxygen atoms in total. The van der Waals surface area contributed by atoms with Crippen molar-refractivity contribution in [1.29, 1.82) is 0 Å². The van der Waals surface area contributed by atoms with Gasteiger partial charge in [-0.1, -0.05) is 18.2 Å². The molecule has 0 saturated carbocycles. The van der Waals surface area contributed by atoms with Crippen molar-refractivity contribution in [1.82, 2.24) is 14.9 Å². The Morgan fingerprint density at radius 3 is 2.46 bits per heavy atom. The second kappa shape index (κ2) is 7.11. The molecule has 0 N–H and O–H groups in total. The van der Waals surface area contributed by atoms with Gasteiger partial charge in [-0.25, -0.2) is 4.98 Å². The molecule has 26 heavy (non-hydrogen) atoms. The number of aromatic nitrogens is 2. The first kappa shape index (κ1) is 16.5. The van der Waals surface area contributed by atoms with Gasteiger partial charge in [0.15, 0.2) is 0 Å². The van der Waals surface area contributed by atoms with Gasteiger partial charge in [0.2, 0.25) is 11.8 Å². The lowest BCUT2D eigenvalue weighted by atomic mass is 10.1. The standard InChI is InChI=1S/C19H21N5O2/c25-18(16-6-9-24(19(16)26)15-4-2-1-3-5-15)23-12-10-22(11-13-23)17-14-20-7-8-21-17/h1-5,7-8,14,16H,6,9-13H2/t16-/m0/s1. The fourth-order valence-corrected chi connectivity index (χ4v) is 3.60. The van der Waals surface area contributed by atoms with Crippen LogP contribution in [0.5, 0.6) is 0 Å². The molecule has 0 spiro atoms. The van der Waals surface area contributed by atoms with Crippen molar-refractivity contribution in [3.8, 4) is 0 Å². The second-order valence-corrected chi connectivity index (χ2v) is 6.54. The summed E-state index contributed by atoms with van der Waals surface area (Å²) in [7, 11) is 0. The molecule has 1 aromatic heterocycles. The van der Waals surface area contributed by atoms with Crippen LogP contribution < -0.4 is 9.80 Å². The van der Waals surface area contributed by atoms with Crippen LogP contribution in [0.15, 0.2) is 48.9 Å². The topological polar surface area (TPSA) is 69.6 Å². The minimum atomic E-state index is -0.557. The quantitative estimate of drug-likeness (QED) is 0.777. The summed E-state index contributed by atoms with van der Waals surface area (Å²) in [5.74, 6) is 0.134. The van der Waals surface area contributed by atoms with Crippen molar-refractivity contribution in [2.75, 3.05) is 42.5 Å². The van der Waals surface area contributed by atoms with Crippen LogP contribution in [0.3, 0.4) is 0 Å². The number of nitrogens with zero attached hydrogens (tertiary/aromatic N) is 5. The van der Waals surface area contributed by atoms with E-state index in [0.29, 0.717) is 39.1 Å². The highest BCUT2D eigenvalue weighted by atomic mass is 16.2. The molecule has 1 atom stereocenters. The second-order valence-electron chi connectivity index (χ2n) is 6.54. The van der Waals surface area contributed by atoms with Crippen LogP contribution in [0, 0.1) is 5.92 Å². The highest BCUT2D eigenvalue weighted by Crippen LogP contribution is 2.26. The molecule has 0 radical (unpaired) electrons. The van der Waals surface area contributed by atoms with E-state index in [1.165, 1.54) is 0 Å². The van der Waals surface area contributed by atoms with Crippen LogP contribution in [0.2, 0.25) is 0 Å². The predicted octanol–water partition coefficient (Wildman–Crippen LogP) is 1.18. The number of rotatable bonds is 3. The summed E-state index contributed by atoms with van der Waals surface area (Å²) < 4.78 is 0. The number of hydrogen-bond acceptors (Lipinski definition) is 5. The summed E-state index contributed by atoms with van der Waals surface area (Å²) in [6, 6.07) is 9.55. The molecule has 1 aromatic carbocycles. The van der Waals surface area contributed by atoms with Crippen LogP contribution in [0.25, 0.3) is 0 Å². The Morgan fingerprint density at radius 2 is 1.77 bits per heavy atom. The van der Waals surface area contributed by atoms with E-state index >= 15 is 0 Å². The average Bonchev–Trinajstić information content (AvgIpc) is 3.10. The summed E-state index contributed by atoms with van der Waals surface area (Å²) in [6.07, 6.45) is 5.63. The number of carbonyl (C=O) groups is 2. The minimum Gasteiger partial charge on any atom is -0.352 e. The zero-order valence-corrected chi connectivity index (χ0v) is 14.5. The van der Waals surface area contributed by atoms with Gasteiger partial charge in [0.05, 0.1) is 6.20 Å². The summed E-state index contributed by atoms with van der Waals surface area (Å²) in [6.45, 7) is 3.20. The first-order chi connectivity index (χ1) is 12.7. The summed E-state index contributed by atoms with van der Waals surface area (Å²) >= 11 is 0. The lowest BCUT2D eigenvalue weighted by molar-refractivity contribution is -0.140. The largest absolute Gasteiger partial charge is 0.352 e. The van der Waals surface area contributed by atoms with Gasteiger partial charge in [0, 0.05) is 50.8 Å². The maximum atomic E-state index is 12.9. The van der Waals surface area contributed by atoms with Gasteiger partial charge in [-0.15, -0.1) is 0 Å². The monoisotopic (exact) mass is 351 g/mol. The number of para-hydroxylation sites is 1. The van der Waals surface area contributed by atoms with E-state index < -0.39 is 5.92 Å². The van der Waals surface area contributed by atoms with Crippen LogP contribution in [0.1, 0.15) is 6.42 Å². The highest BCUT2D eigenvalue weighted by Gasteiger charge is 2.40. The van der Waals surface area contributed by atoms with Crippen molar-refractivity contribution in [2.45, 2.75) is 6.42 Å². The van der Waals surface area contributed by atoms with E-state index in [2.05, 4.69) is 14.9 Å². The predicted molar refractivity (Wildman–Crippen MR) is 97.7 cm³/mol. The first-order valence-electron chi connectivity index (χ1n) is 8.90. The molecule has 0 bridgehead atoms. The Morgan fingerprint density at radius 1 is 1.00 bits per heavy atom. The van der Waals surface area contributed by atoms with Crippen molar-refractivity contribution >= 4 is 23.3 Å². The third kappa shape index (κ3) is 3.12. The van der Waals surface area contributed by atoms with E-state index in [1.807, 2.05) is 35.2 Å². The zero-order valence-electron chi connectivity index (χ0n) is 14.5. The minimum absolute atomic E-state index is 0.0489. The Bertz CT molecular complexity index is 775. The number of hydrogen-bond donors (Lipinski definition) is 0. The van der Waals surface area contributed by atoms with Crippen molar-refractivity contribution < 1.29 is 9.59 Å². The Hall–Kier alpha value is -2.96. The zero-order chi connectivity index (χ0) is 17.9. The molecular formula is C19H21N5O2. The van der Waals surface area contributed by atoms with E-state index in [1.54, 1.807) is 23.5 Å². The molecule has 2 aliphatic rings. The summed E-state index contributed by atoms with van der Waals surface area (Å²) in [5, 5.41) is 0. The average molecular weight is 351 g/mol. The Kier molecular flexibility index (Phi) is 4.51. The van der Waals surface area contributed by atoms with Gasteiger partial charge < -0.3 is 14.7 Å². The lowest BCUT2D eigenvalue weighted by Gasteiger charge is -2.36. The molecule has 3 heterocycles. The van der Waals surface area contributed by atoms with E-state index in [4.69, 9.17) is 0 Å². The molecule has 2 saturated heterocycles. The fourth-order valence-electron chi connectivity index (χ4n) is 3.60. The number of amides is 2. The van der Waals surface area contributed by atoms with Crippen LogP contribution in [-0.4, -0.2) is 59.4 Å². The lowest BCUT2D eigenvalue weighted by Crippen LogP contribution is -2.51. The molecule has 134 valence electrons. The number of carbonyl (C=O) groups excluding carboxylic acids is 2. The molecule has 2 aromatic rings. The van der Waals surface area contributed by atoms with Gasteiger partial charge in [-0.05, 0) is 18.6 Å². The molecule has 4 rings (SSSR count). The van der Waals surface area contributed by atoms with E-state index in [-0.39, 0.29) is 11.8 Å². The van der Waals surface area contributed by atoms with Gasteiger partial charge in [0.1, 0.15) is 11.7 Å². The normalized spacial score (nSPS) is 20.5. The molecule has 2 amide bonds. The maximum Gasteiger partial charge on any atom is 0.239 e. The van der Waals surface area contributed by atoms with Crippen molar-refractivity contribution in [2.24, 2.45) is 5.92 Å². The van der Waals surface area contributed by atoms with Gasteiger partial charge in [0.25, 0.3) is 0 Å². The van der Waals surface area contributed by atoms with Crippen molar-refractivity contribution in [3.63, 3.8) is 0 Å². The van der Waals surface area contributed by atoms with Gasteiger partial charge >= 0.3 is 0 Å². The maximum absolute atomic E-state index is 12.9. The molecule has 0 aliphatic carbocycles. The number of anilines is 2. The molecule has 2 fully saturated rings. The fraction of sp³-hybridized carbons (Fsp3) is 0.368. The molecule has 0 unspecified atom stereocenters. The Balaban J connectivity index is 1.38. The number of benzene rings is 1. The van der Waals surface area contributed by atoms with E-state index in [0.717, 1.165) is 11.5 Å². The van der Waals surface area contributed by atoms with Crippen LogP contribution in [-0.2, 0) is 9.59 Å². The van der Waals surface area contributed by atoms with Gasteiger partial charge in [-0.2, -0.15) is 0 Å². The molecule has 7 heteroatoms. The smallest absolute Gasteiger partial charge is 0.239 e. The molecule has 2 aliphatic heterocycles. The molecular weight excluding hydrogens is 330 g/mol. The first-order valence-corrected chi connectivity index (χ1v) is 8.90. The van der Waals surface area contributed by atoms with Crippen molar-refractivity contribution in [3.05, 3.63) is 48.9 Å². The van der Waals surface area contributed by atoms with Crippen LogP contribution in [0.4, 0.5) is 11.5 Å². The summed E-state index contributed by atoms with van der Waals surface area (Å²) in [5.41, 5.74) is 0.861.